The van der Waals surface area contributed by atoms with E-state index in [1.807, 2.05) is 0 Å². The monoisotopic (exact) mass is 406 g/mol. The summed E-state index contributed by atoms with van der Waals surface area (Å²) in [6.45, 7) is 2.51. The lowest BCUT2D eigenvalue weighted by atomic mass is 9.95. The van der Waals surface area contributed by atoms with Crippen molar-refractivity contribution in [2.75, 3.05) is 34.5 Å². The molecule has 2 amide bonds. The van der Waals surface area contributed by atoms with Crippen LogP contribution < -0.4 is 24.8 Å². The number of hydrogen-bond donors (Lipinski definition) is 2. The average molecular weight is 406 g/mol. The molecule has 158 valence electrons. The molecule has 0 bridgehead atoms. The van der Waals surface area contributed by atoms with Gasteiger partial charge in [-0.2, -0.15) is 0 Å². The fraction of sp³-hybridized carbons (Fsp3) is 0.500. The first-order valence-corrected chi connectivity index (χ1v) is 9.35. The molecule has 2 aliphatic rings. The second-order valence-corrected chi connectivity index (χ2v) is 6.76. The Morgan fingerprint density at radius 1 is 1.17 bits per heavy atom. The van der Waals surface area contributed by atoms with Crippen molar-refractivity contribution in [2.45, 2.75) is 31.9 Å². The third-order valence-corrected chi connectivity index (χ3v) is 4.93. The van der Waals surface area contributed by atoms with Gasteiger partial charge in [0.2, 0.25) is 5.75 Å². The van der Waals surface area contributed by atoms with Crippen LogP contribution in [-0.2, 0) is 14.3 Å². The van der Waals surface area contributed by atoms with E-state index >= 15 is 0 Å². The number of methoxy groups -OCH3 is 3. The lowest BCUT2D eigenvalue weighted by Crippen LogP contribution is -2.45. The zero-order valence-electron chi connectivity index (χ0n) is 17.0. The molecule has 0 radical (unpaired) electrons. The molecule has 0 unspecified atom stereocenters. The van der Waals surface area contributed by atoms with Gasteiger partial charge in [-0.15, -0.1) is 0 Å². The van der Waals surface area contributed by atoms with Crippen LogP contribution in [0.4, 0.5) is 4.79 Å². The Bertz CT molecular complexity index is 790. The maximum atomic E-state index is 12.9. The van der Waals surface area contributed by atoms with E-state index in [0.717, 1.165) is 12.8 Å². The molecule has 9 heteroatoms. The van der Waals surface area contributed by atoms with Crippen LogP contribution in [0.25, 0.3) is 0 Å². The van der Waals surface area contributed by atoms with Crippen molar-refractivity contribution in [3.8, 4) is 17.2 Å². The minimum Gasteiger partial charge on any atom is -0.493 e. The highest BCUT2D eigenvalue weighted by atomic mass is 16.6. The summed E-state index contributed by atoms with van der Waals surface area (Å²) in [4.78, 5) is 25.0. The van der Waals surface area contributed by atoms with Gasteiger partial charge in [-0.05, 0) is 37.5 Å². The molecule has 2 atom stereocenters. The molecule has 1 saturated heterocycles. The SMILES string of the molecule is COc1cc([C@@H]2NC(=O)NC(C)=C2C(=O)OC[C@H]2CCCO2)cc(OC)c1OC. The average Bonchev–Trinajstić information content (AvgIpc) is 3.23. The highest BCUT2D eigenvalue weighted by Crippen LogP contribution is 2.41. The first kappa shape index (κ1) is 20.8. The summed E-state index contributed by atoms with van der Waals surface area (Å²) in [6, 6.07) is 2.22. The predicted octanol–water partition coefficient (Wildman–Crippen LogP) is 2.06. The lowest BCUT2D eigenvalue weighted by Gasteiger charge is -2.29. The van der Waals surface area contributed by atoms with Gasteiger partial charge in [0, 0.05) is 12.3 Å². The zero-order valence-corrected chi connectivity index (χ0v) is 17.0. The second kappa shape index (κ2) is 9.04. The number of urea groups is 1. The van der Waals surface area contributed by atoms with Crippen molar-refractivity contribution >= 4 is 12.0 Å². The van der Waals surface area contributed by atoms with Crippen molar-refractivity contribution in [3.63, 3.8) is 0 Å². The van der Waals surface area contributed by atoms with Crippen LogP contribution in [-0.4, -0.2) is 52.6 Å². The Balaban J connectivity index is 1.93. The molecule has 2 N–H and O–H groups in total. The summed E-state index contributed by atoms with van der Waals surface area (Å²) in [5, 5.41) is 5.40. The first-order valence-electron chi connectivity index (χ1n) is 9.35. The summed E-state index contributed by atoms with van der Waals surface area (Å²) < 4.78 is 27.1. The van der Waals surface area contributed by atoms with Gasteiger partial charge < -0.3 is 34.3 Å². The van der Waals surface area contributed by atoms with Crippen LogP contribution in [0.1, 0.15) is 31.4 Å². The molecule has 1 fully saturated rings. The maximum Gasteiger partial charge on any atom is 0.338 e. The lowest BCUT2D eigenvalue weighted by molar-refractivity contribution is -0.142. The van der Waals surface area contributed by atoms with E-state index < -0.39 is 18.0 Å². The number of esters is 1. The third-order valence-electron chi connectivity index (χ3n) is 4.93. The number of benzene rings is 1. The van der Waals surface area contributed by atoms with Gasteiger partial charge in [0.1, 0.15) is 6.61 Å². The molecule has 0 spiro atoms. The van der Waals surface area contributed by atoms with Gasteiger partial charge in [0.25, 0.3) is 0 Å². The van der Waals surface area contributed by atoms with Crippen molar-refractivity contribution in [3.05, 3.63) is 29.0 Å². The maximum absolute atomic E-state index is 12.9. The van der Waals surface area contributed by atoms with E-state index in [0.29, 0.717) is 40.7 Å². The van der Waals surface area contributed by atoms with Gasteiger partial charge >= 0.3 is 12.0 Å². The Morgan fingerprint density at radius 3 is 2.41 bits per heavy atom. The van der Waals surface area contributed by atoms with E-state index in [4.69, 9.17) is 23.7 Å². The molecule has 1 aromatic carbocycles. The molecular weight excluding hydrogens is 380 g/mol. The Hall–Kier alpha value is -2.94. The Kier molecular flexibility index (Phi) is 6.48. The molecule has 0 aromatic heterocycles. The number of carbonyl (C=O) groups is 2. The molecule has 9 nitrogen and oxygen atoms in total. The van der Waals surface area contributed by atoms with Crippen LogP contribution in [0.5, 0.6) is 17.2 Å². The molecule has 0 saturated carbocycles. The molecule has 2 aliphatic heterocycles. The number of ether oxygens (including phenoxy) is 5. The van der Waals surface area contributed by atoms with Gasteiger partial charge in [-0.3, -0.25) is 0 Å². The summed E-state index contributed by atoms with van der Waals surface area (Å²) >= 11 is 0. The largest absolute Gasteiger partial charge is 0.493 e. The smallest absolute Gasteiger partial charge is 0.338 e. The second-order valence-electron chi connectivity index (χ2n) is 6.76. The van der Waals surface area contributed by atoms with E-state index in [9.17, 15) is 9.59 Å². The molecule has 3 rings (SSSR count). The normalized spacial score (nSPS) is 21.3. The van der Waals surface area contributed by atoms with Crippen molar-refractivity contribution in [1.82, 2.24) is 10.6 Å². The van der Waals surface area contributed by atoms with E-state index in [-0.39, 0.29) is 12.7 Å². The number of allylic oxidation sites excluding steroid dienone is 1. The summed E-state index contributed by atoms with van der Waals surface area (Å²) in [5.41, 5.74) is 1.32. The molecule has 2 heterocycles. The van der Waals surface area contributed by atoms with Crippen LogP contribution in [0.3, 0.4) is 0 Å². The number of carbonyl (C=O) groups excluding carboxylic acids is 2. The molecular formula is C20H26N2O7. The minimum atomic E-state index is -0.741. The van der Waals surface area contributed by atoms with Gasteiger partial charge in [-0.1, -0.05) is 0 Å². The standard InChI is InChI=1S/C20H26N2O7/c1-11-16(19(23)29-10-13-6-5-7-28-13)17(22-20(24)21-11)12-8-14(25-2)18(27-4)15(9-12)26-3/h8-9,13,17H,5-7,10H2,1-4H3,(H2,21,22,24)/t13-,17+/m1/s1. The number of hydrogen-bond acceptors (Lipinski definition) is 7. The Morgan fingerprint density at radius 2 is 1.86 bits per heavy atom. The molecule has 29 heavy (non-hydrogen) atoms. The fourth-order valence-corrected chi connectivity index (χ4v) is 3.50. The minimum absolute atomic E-state index is 0.0920. The highest BCUT2D eigenvalue weighted by molar-refractivity contribution is 5.95. The van der Waals surface area contributed by atoms with Crippen LogP contribution in [0.15, 0.2) is 23.4 Å². The first-order chi connectivity index (χ1) is 14.0. The van der Waals surface area contributed by atoms with E-state index in [1.54, 1.807) is 19.1 Å². The predicted molar refractivity (Wildman–Crippen MR) is 103 cm³/mol. The zero-order chi connectivity index (χ0) is 21.0. The van der Waals surface area contributed by atoms with Gasteiger partial charge in [0.15, 0.2) is 11.5 Å². The van der Waals surface area contributed by atoms with Gasteiger partial charge in [0.05, 0.1) is 39.0 Å². The van der Waals surface area contributed by atoms with Crippen molar-refractivity contribution in [2.24, 2.45) is 0 Å². The van der Waals surface area contributed by atoms with E-state index in [1.165, 1.54) is 21.3 Å². The molecule has 1 aromatic rings. The summed E-state index contributed by atoms with van der Waals surface area (Å²) in [5.74, 6) is 0.727. The van der Waals surface area contributed by atoms with Crippen LogP contribution >= 0.6 is 0 Å². The summed E-state index contributed by atoms with van der Waals surface area (Å²) in [7, 11) is 4.50. The van der Waals surface area contributed by atoms with E-state index in [2.05, 4.69) is 10.6 Å². The Labute approximate surface area is 169 Å². The molecule has 0 aliphatic carbocycles. The quantitative estimate of drug-likeness (QED) is 0.668. The van der Waals surface area contributed by atoms with Crippen molar-refractivity contribution in [1.29, 1.82) is 0 Å². The number of rotatable bonds is 7. The van der Waals surface area contributed by atoms with Crippen LogP contribution in [0, 0.1) is 0 Å². The topological polar surface area (TPSA) is 104 Å². The highest BCUT2D eigenvalue weighted by Gasteiger charge is 2.34. The third kappa shape index (κ3) is 4.40. The fourth-order valence-electron chi connectivity index (χ4n) is 3.50. The number of amides is 2. The summed E-state index contributed by atoms with van der Waals surface area (Å²) in [6.07, 6.45) is 1.72. The van der Waals surface area contributed by atoms with Gasteiger partial charge in [-0.25, -0.2) is 9.59 Å². The number of nitrogens with one attached hydrogen (secondary N) is 2. The van der Waals surface area contributed by atoms with Crippen molar-refractivity contribution < 1.29 is 33.3 Å². The van der Waals surface area contributed by atoms with Crippen LogP contribution in [0.2, 0.25) is 0 Å².